The van der Waals surface area contributed by atoms with Crippen molar-refractivity contribution in [3.8, 4) is 17.2 Å². The third kappa shape index (κ3) is 3.31. The van der Waals surface area contributed by atoms with Gasteiger partial charge in [-0.05, 0) is 18.2 Å². The molecular formula is C18H18N8O2. The van der Waals surface area contributed by atoms with Crippen molar-refractivity contribution < 1.29 is 9.47 Å². The van der Waals surface area contributed by atoms with Gasteiger partial charge in [0.15, 0.2) is 17.3 Å². The minimum absolute atomic E-state index is 0.451. The third-order valence-corrected chi connectivity index (χ3v) is 4.38. The zero-order chi connectivity index (χ0) is 18.8. The molecule has 0 spiro atoms. The van der Waals surface area contributed by atoms with Crippen molar-refractivity contribution in [2.45, 2.75) is 19.5 Å². The number of hydrogen-bond acceptors (Lipinski definition) is 7. The molecular weight excluding hydrogens is 360 g/mol. The molecule has 1 aromatic carbocycles. The summed E-state index contributed by atoms with van der Waals surface area (Å²) in [7, 11) is 0. The maximum absolute atomic E-state index is 5.71. The average molecular weight is 378 g/mol. The molecule has 0 radical (unpaired) electrons. The highest BCUT2D eigenvalue weighted by atomic mass is 16.6. The molecule has 4 aromatic rings. The van der Waals surface area contributed by atoms with Crippen molar-refractivity contribution in [1.29, 1.82) is 0 Å². The van der Waals surface area contributed by atoms with E-state index in [4.69, 9.17) is 19.6 Å². The number of rotatable bonds is 6. The Balaban J connectivity index is 1.48. The van der Waals surface area contributed by atoms with E-state index in [9.17, 15) is 0 Å². The first-order valence-electron chi connectivity index (χ1n) is 9.00. The quantitative estimate of drug-likeness (QED) is 0.496. The van der Waals surface area contributed by atoms with Crippen LogP contribution in [-0.2, 0) is 19.5 Å². The lowest BCUT2D eigenvalue weighted by molar-refractivity contribution is 0.171. The van der Waals surface area contributed by atoms with Gasteiger partial charge < -0.3 is 9.47 Å². The molecule has 0 amide bonds. The van der Waals surface area contributed by atoms with Gasteiger partial charge in [-0.15, -0.1) is 5.10 Å². The van der Waals surface area contributed by atoms with Crippen molar-refractivity contribution >= 4 is 0 Å². The molecule has 0 atom stereocenters. The van der Waals surface area contributed by atoms with Gasteiger partial charge in [-0.3, -0.25) is 4.68 Å². The topological polar surface area (TPSA) is 97.7 Å². The molecule has 0 saturated heterocycles. The van der Waals surface area contributed by atoms with E-state index < -0.39 is 0 Å². The fraction of sp³-hybridized carbons (Fsp3) is 0.278. The number of hydrogen-bond donors (Lipinski definition) is 0. The molecule has 0 saturated carbocycles. The Hall–Kier alpha value is -3.69. The van der Waals surface area contributed by atoms with Gasteiger partial charge >= 0.3 is 0 Å². The van der Waals surface area contributed by atoms with Crippen molar-refractivity contribution in [1.82, 2.24) is 39.3 Å². The summed E-state index contributed by atoms with van der Waals surface area (Å²) in [6.45, 7) is 2.26. The standard InChI is InChI=1S/C18H18N8O2/c1-5-20-24(6-1)7-4-18-22-17(11-25-13-19-12-21-25)23-26(18)14-2-3-15-16(10-14)28-9-8-27-15/h1-3,5-6,10,12-13H,4,7-9,11H2. The van der Waals surface area contributed by atoms with Gasteiger partial charge in [0.05, 0.1) is 5.69 Å². The predicted molar refractivity (Wildman–Crippen MR) is 97.4 cm³/mol. The van der Waals surface area contributed by atoms with Gasteiger partial charge in [0, 0.05) is 31.4 Å². The number of aromatic nitrogens is 8. The number of aryl methyl sites for hydroxylation is 2. The Labute approximate surface area is 160 Å². The number of nitrogens with zero attached hydrogens (tertiary/aromatic N) is 8. The summed E-state index contributed by atoms with van der Waals surface area (Å²) in [6.07, 6.45) is 7.52. The lowest BCUT2D eigenvalue weighted by Crippen LogP contribution is -2.16. The van der Waals surface area contributed by atoms with Crippen molar-refractivity contribution in [2.24, 2.45) is 0 Å². The summed E-state index contributed by atoms with van der Waals surface area (Å²) in [4.78, 5) is 8.69. The highest BCUT2D eigenvalue weighted by molar-refractivity contribution is 5.49. The van der Waals surface area contributed by atoms with Crippen LogP contribution in [0.25, 0.3) is 5.69 Å². The van der Waals surface area contributed by atoms with E-state index in [1.54, 1.807) is 17.2 Å². The van der Waals surface area contributed by atoms with Crippen LogP contribution < -0.4 is 9.47 Å². The van der Waals surface area contributed by atoms with E-state index in [-0.39, 0.29) is 0 Å². The Morgan fingerprint density at radius 2 is 1.96 bits per heavy atom. The van der Waals surface area contributed by atoms with Crippen molar-refractivity contribution in [2.75, 3.05) is 13.2 Å². The molecule has 10 nitrogen and oxygen atoms in total. The van der Waals surface area contributed by atoms with Crippen LogP contribution >= 0.6 is 0 Å². The molecule has 4 heterocycles. The molecule has 142 valence electrons. The molecule has 0 N–H and O–H groups in total. The fourth-order valence-corrected chi connectivity index (χ4v) is 3.10. The van der Waals surface area contributed by atoms with Crippen LogP contribution in [0.15, 0.2) is 49.3 Å². The molecule has 28 heavy (non-hydrogen) atoms. The van der Waals surface area contributed by atoms with Gasteiger partial charge in [0.25, 0.3) is 0 Å². The summed E-state index contributed by atoms with van der Waals surface area (Å²) >= 11 is 0. The van der Waals surface area contributed by atoms with Gasteiger partial charge in [0.2, 0.25) is 0 Å². The largest absolute Gasteiger partial charge is 0.486 e. The molecule has 5 rings (SSSR count). The molecule has 0 bridgehead atoms. The normalized spacial score (nSPS) is 13.0. The van der Waals surface area contributed by atoms with Gasteiger partial charge in [0.1, 0.15) is 38.2 Å². The van der Waals surface area contributed by atoms with Gasteiger partial charge in [-0.2, -0.15) is 10.2 Å². The van der Waals surface area contributed by atoms with Crippen LogP contribution in [0, 0.1) is 0 Å². The minimum Gasteiger partial charge on any atom is -0.486 e. The second-order valence-corrected chi connectivity index (χ2v) is 6.30. The molecule has 1 aliphatic rings. The van der Waals surface area contributed by atoms with E-state index in [1.807, 2.05) is 39.8 Å². The maximum atomic E-state index is 5.71. The Morgan fingerprint density at radius 3 is 2.79 bits per heavy atom. The van der Waals surface area contributed by atoms with Crippen LogP contribution in [0.3, 0.4) is 0 Å². The van der Waals surface area contributed by atoms with Crippen LogP contribution in [0.5, 0.6) is 11.5 Å². The maximum Gasteiger partial charge on any atom is 0.172 e. The zero-order valence-electron chi connectivity index (χ0n) is 15.0. The predicted octanol–water partition coefficient (Wildman–Crippen LogP) is 1.12. The molecule has 10 heteroatoms. The average Bonchev–Trinajstić information content (AvgIpc) is 3.49. The van der Waals surface area contributed by atoms with Gasteiger partial charge in [-0.1, -0.05) is 0 Å². The summed E-state index contributed by atoms with van der Waals surface area (Å²) in [6, 6.07) is 7.69. The highest BCUT2D eigenvalue weighted by Crippen LogP contribution is 2.32. The number of benzene rings is 1. The highest BCUT2D eigenvalue weighted by Gasteiger charge is 2.17. The smallest absolute Gasteiger partial charge is 0.172 e. The zero-order valence-corrected chi connectivity index (χ0v) is 15.0. The first kappa shape index (κ1) is 16.5. The lowest BCUT2D eigenvalue weighted by atomic mass is 10.2. The number of ether oxygens (including phenoxy) is 2. The molecule has 3 aromatic heterocycles. The first-order valence-corrected chi connectivity index (χ1v) is 9.00. The van der Waals surface area contributed by atoms with E-state index in [2.05, 4.69) is 15.2 Å². The molecule has 0 aliphatic carbocycles. The lowest BCUT2D eigenvalue weighted by Gasteiger charge is -2.19. The van der Waals surface area contributed by atoms with Crippen molar-refractivity contribution in [3.63, 3.8) is 0 Å². The number of fused-ring (bicyclic) bond motifs is 1. The Morgan fingerprint density at radius 1 is 1.04 bits per heavy atom. The molecule has 0 unspecified atom stereocenters. The Bertz CT molecular complexity index is 1060. The second-order valence-electron chi connectivity index (χ2n) is 6.30. The van der Waals surface area contributed by atoms with Gasteiger partial charge in [-0.25, -0.2) is 19.3 Å². The second kappa shape index (κ2) is 7.14. The van der Waals surface area contributed by atoms with E-state index in [1.165, 1.54) is 6.33 Å². The monoisotopic (exact) mass is 378 g/mol. The first-order chi connectivity index (χ1) is 13.8. The van der Waals surface area contributed by atoms with E-state index in [0.717, 1.165) is 23.0 Å². The van der Waals surface area contributed by atoms with E-state index >= 15 is 0 Å². The van der Waals surface area contributed by atoms with Crippen LogP contribution in [0.1, 0.15) is 11.6 Å². The SMILES string of the molecule is c1cnn(CCc2nc(Cn3cncn3)nn2-c2ccc3c(c2)OCCO3)c1. The summed E-state index contributed by atoms with van der Waals surface area (Å²) in [5, 5.41) is 13.1. The van der Waals surface area contributed by atoms with Crippen LogP contribution in [0.4, 0.5) is 0 Å². The fourth-order valence-electron chi connectivity index (χ4n) is 3.10. The molecule has 1 aliphatic heterocycles. The summed E-state index contributed by atoms with van der Waals surface area (Å²) < 4.78 is 16.7. The van der Waals surface area contributed by atoms with Crippen LogP contribution in [-0.4, -0.2) is 52.5 Å². The van der Waals surface area contributed by atoms with E-state index in [0.29, 0.717) is 38.5 Å². The molecule has 0 fully saturated rings. The Kier molecular flexibility index (Phi) is 4.20. The third-order valence-electron chi connectivity index (χ3n) is 4.38. The summed E-state index contributed by atoms with van der Waals surface area (Å²) in [5.41, 5.74) is 0.872. The minimum atomic E-state index is 0.451. The van der Waals surface area contributed by atoms with Crippen LogP contribution in [0.2, 0.25) is 0 Å². The van der Waals surface area contributed by atoms with Crippen molar-refractivity contribution in [3.05, 3.63) is 61.0 Å². The summed E-state index contributed by atoms with van der Waals surface area (Å²) in [5.74, 6) is 2.96.